The molecule has 0 aliphatic heterocycles. The maximum Gasteiger partial charge on any atom is 0.276 e. The first-order valence-corrected chi connectivity index (χ1v) is 8.45. The Labute approximate surface area is 141 Å². The van der Waals surface area contributed by atoms with E-state index in [0.717, 1.165) is 28.8 Å². The van der Waals surface area contributed by atoms with Crippen LogP contribution in [0.1, 0.15) is 41.9 Å². The van der Waals surface area contributed by atoms with E-state index >= 15 is 0 Å². The molecule has 1 aromatic carbocycles. The minimum Gasteiger partial charge on any atom is -0.321 e. The van der Waals surface area contributed by atoms with Crippen LogP contribution in [-0.4, -0.2) is 27.0 Å². The topological polar surface area (TPSA) is 99.8 Å². The van der Waals surface area contributed by atoms with E-state index in [9.17, 15) is 9.59 Å². The molecule has 122 valence electrons. The van der Waals surface area contributed by atoms with E-state index in [4.69, 9.17) is 0 Å². The van der Waals surface area contributed by atoms with Crippen LogP contribution in [-0.2, 0) is 4.79 Å². The van der Waals surface area contributed by atoms with Crippen LogP contribution in [0.15, 0.2) is 24.3 Å². The zero-order chi connectivity index (χ0) is 16.7. The quantitative estimate of drug-likeness (QED) is 0.679. The number of benzene rings is 1. The lowest BCUT2D eigenvalue weighted by atomic mass is 10.2. The van der Waals surface area contributed by atoms with Gasteiger partial charge in [0.1, 0.15) is 0 Å². The summed E-state index contributed by atoms with van der Waals surface area (Å²) in [6.07, 6.45) is 2.31. The molecule has 0 radical (unpaired) electrons. The number of fused-ring (bicyclic) bond motifs is 1. The molecular formula is C16H15N5O2S. The standard InChI is InChI=1S/C16H15N5O2S/c1-8(22)17-16-19-11-5-4-10(6-14(11)24-16)18-15(23)13-7-12(20-21-13)9-2-3-9/h4-7,9H,2-3H2,1H3,(H,18,23)(H,20,21)(H,17,19,22). The van der Waals surface area contributed by atoms with Gasteiger partial charge in [0.05, 0.1) is 10.2 Å². The molecule has 7 nitrogen and oxygen atoms in total. The van der Waals surface area contributed by atoms with Crippen LogP contribution < -0.4 is 10.6 Å². The van der Waals surface area contributed by atoms with Crippen LogP contribution in [0, 0.1) is 0 Å². The molecule has 2 amide bonds. The minimum atomic E-state index is -0.246. The normalized spacial score (nSPS) is 13.9. The molecule has 0 unspecified atom stereocenters. The van der Waals surface area contributed by atoms with Crippen molar-refractivity contribution < 1.29 is 9.59 Å². The molecule has 4 rings (SSSR count). The predicted octanol–water partition coefficient (Wildman–Crippen LogP) is 3.11. The maximum atomic E-state index is 12.3. The van der Waals surface area contributed by atoms with Gasteiger partial charge in [-0.1, -0.05) is 11.3 Å². The van der Waals surface area contributed by atoms with Crippen LogP contribution in [0.5, 0.6) is 0 Å². The zero-order valence-corrected chi connectivity index (χ0v) is 13.7. The molecule has 2 heterocycles. The first kappa shape index (κ1) is 14.8. The highest BCUT2D eigenvalue weighted by Crippen LogP contribution is 2.39. The van der Waals surface area contributed by atoms with Crippen molar-refractivity contribution in [2.75, 3.05) is 10.6 Å². The number of rotatable bonds is 4. The number of amides is 2. The number of aromatic nitrogens is 3. The van der Waals surface area contributed by atoms with Crippen molar-refractivity contribution in [3.63, 3.8) is 0 Å². The van der Waals surface area contributed by atoms with Gasteiger partial charge in [0.25, 0.3) is 5.91 Å². The van der Waals surface area contributed by atoms with Gasteiger partial charge in [0.15, 0.2) is 10.8 Å². The molecule has 1 aliphatic carbocycles. The van der Waals surface area contributed by atoms with E-state index in [1.807, 2.05) is 18.2 Å². The summed E-state index contributed by atoms with van der Waals surface area (Å²) in [7, 11) is 0. The summed E-state index contributed by atoms with van der Waals surface area (Å²) >= 11 is 1.36. The lowest BCUT2D eigenvalue weighted by Crippen LogP contribution is -2.12. The highest BCUT2D eigenvalue weighted by molar-refractivity contribution is 7.22. The van der Waals surface area contributed by atoms with Crippen LogP contribution in [0.3, 0.4) is 0 Å². The molecule has 2 aromatic heterocycles. The van der Waals surface area contributed by atoms with Crippen LogP contribution >= 0.6 is 11.3 Å². The third-order valence-corrected chi connectivity index (χ3v) is 4.71. The van der Waals surface area contributed by atoms with Gasteiger partial charge in [-0.3, -0.25) is 14.7 Å². The number of carbonyl (C=O) groups is 2. The number of anilines is 2. The second-order valence-corrected chi connectivity index (χ2v) is 6.85. The second-order valence-electron chi connectivity index (χ2n) is 5.82. The largest absolute Gasteiger partial charge is 0.321 e. The molecular weight excluding hydrogens is 326 g/mol. The molecule has 3 N–H and O–H groups in total. The van der Waals surface area contributed by atoms with E-state index in [2.05, 4.69) is 25.8 Å². The summed E-state index contributed by atoms with van der Waals surface area (Å²) in [5, 5.41) is 13.1. The van der Waals surface area contributed by atoms with Gasteiger partial charge < -0.3 is 10.6 Å². The number of carbonyl (C=O) groups excluding carboxylic acids is 2. The van der Waals surface area contributed by atoms with Crippen molar-refractivity contribution in [2.45, 2.75) is 25.7 Å². The van der Waals surface area contributed by atoms with Crippen molar-refractivity contribution in [1.29, 1.82) is 0 Å². The lowest BCUT2D eigenvalue weighted by Gasteiger charge is -2.02. The van der Waals surface area contributed by atoms with E-state index in [1.54, 1.807) is 6.07 Å². The molecule has 24 heavy (non-hydrogen) atoms. The highest BCUT2D eigenvalue weighted by atomic mass is 32.1. The van der Waals surface area contributed by atoms with E-state index in [0.29, 0.717) is 22.4 Å². The van der Waals surface area contributed by atoms with Crippen molar-refractivity contribution in [1.82, 2.24) is 15.2 Å². The number of hydrogen-bond donors (Lipinski definition) is 3. The van der Waals surface area contributed by atoms with Crippen LogP contribution in [0.25, 0.3) is 10.2 Å². The number of aromatic amines is 1. The first-order valence-electron chi connectivity index (χ1n) is 7.63. The fourth-order valence-electron chi connectivity index (χ4n) is 2.46. The van der Waals surface area contributed by atoms with Crippen LogP contribution in [0.2, 0.25) is 0 Å². The summed E-state index contributed by atoms with van der Waals surface area (Å²) in [6, 6.07) is 7.25. The van der Waals surface area contributed by atoms with Gasteiger partial charge in [-0.2, -0.15) is 5.10 Å². The second kappa shape index (κ2) is 5.72. The van der Waals surface area contributed by atoms with Gasteiger partial charge in [0, 0.05) is 24.2 Å². The van der Waals surface area contributed by atoms with Gasteiger partial charge >= 0.3 is 0 Å². The first-order chi connectivity index (χ1) is 11.6. The Kier molecular flexibility index (Phi) is 3.53. The number of hydrogen-bond acceptors (Lipinski definition) is 5. The maximum absolute atomic E-state index is 12.3. The summed E-state index contributed by atoms with van der Waals surface area (Å²) in [4.78, 5) is 27.7. The highest BCUT2D eigenvalue weighted by Gasteiger charge is 2.26. The fraction of sp³-hybridized carbons (Fsp3) is 0.250. The molecule has 0 saturated heterocycles. The molecule has 1 fully saturated rings. The summed E-state index contributed by atoms with van der Waals surface area (Å²) in [6.45, 7) is 1.44. The Bertz CT molecular complexity index is 941. The van der Waals surface area contributed by atoms with Gasteiger partial charge in [-0.25, -0.2) is 4.98 Å². The zero-order valence-electron chi connectivity index (χ0n) is 12.9. The Hall–Kier alpha value is -2.74. The van der Waals surface area contributed by atoms with Crippen LogP contribution in [0.4, 0.5) is 10.8 Å². The smallest absolute Gasteiger partial charge is 0.276 e. The Morgan fingerprint density at radius 1 is 1.25 bits per heavy atom. The number of thiazole rings is 1. The summed E-state index contributed by atoms with van der Waals surface area (Å²) < 4.78 is 0.886. The SMILES string of the molecule is CC(=O)Nc1nc2ccc(NC(=O)c3cc(C4CC4)[nH]n3)cc2s1. The molecule has 0 spiro atoms. The molecule has 1 saturated carbocycles. The average molecular weight is 341 g/mol. The minimum absolute atomic E-state index is 0.160. The summed E-state index contributed by atoms with van der Waals surface area (Å²) in [5.41, 5.74) is 2.86. The number of H-pyrrole nitrogens is 1. The van der Waals surface area contributed by atoms with Crippen molar-refractivity contribution in [3.8, 4) is 0 Å². The Balaban J connectivity index is 1.52. The van der Waals surface area contributed by atoms with Gasteiger partial charge in [-0.15, -0.1) is 0 Å². The van der Waals surface area contributed by atoms with Crippen molar-refractivity contribution >= 4 is 44.2 Å². The molecule has 3 aromatic rings. The summed E-state index contributed by atoms with van der Waals surface area (Å²) in [5.74, 6) is 0.122. The van der Waals surface area contributed by atoms with Gasteiger partial charge in [-0.05, 0) is 37.1 Å². The van der Waals surface area contributed by atoms with Crippen molar-refractivity contribution in [2.24, 2.45) is 0 Å². The molecule has 0 bridgehead atoms. The fourth-order valence-corrected chi connectivity index (χ4v) is 3.41. The van der Waals surface area contributed by atoms with Crippen molar-refractivity contribution in [3.05, 3.63) is 35.7 Å². The monoisotopic (exact) mass is 341 g/mol. The Morgan fingerprint density at radius 2 is 2.08 bits per heavy atom. The molecule has 0 atom stereocenters. The third kappa shape index (κ3) is 3.00. The molecule has 8 heteroatoms. The molecule has 1 aliphatic rings. The number of nitrogens with zero attached hydrogens (tertiary/aromatic N) is 2. The predicted molar refractivity (Wildman–Crippen MR) is 92.4 cm³/mol. The average Bonchev–Trinajstić information content (AvgIpc) is 3.12. The number of nitrogens with one attached hydrogen (secondary N) is 3. The van der Waals surface area contributed by atoms with E-state index in [1.165, 1.54) is 18.3 Å². The van der Waals surface area contributed by atoms with E-state index in [-0.39, 0.29) is 11.8 Å². The van der Waals surface area contributed by atoms with E-state index < -0.39 is 0 Å². The Morgan fingerprint density at radius 3 is 2.83 bits per heavy atom. The lowest BCUT2D eigenvalue weighted by molar-refractivity contribution is -0.114. The third-order valence-electron chi connectivity index (χ3n) is 3.78. The van der Waals surface area contributed by atoms with Gasteiger partial charge in [0.2, 0.25) is 5.91 Å².